The second kappa shape index (κ2) is 11.7. The number of amides is 2. The van der Waals surface area contributed by atoms with Crippen molar-refractivity contribution in [3.63, 3.8) is 0 Å². The van der Waals surface area contributed by atoms with E-state index in [0.717, 1.165) is 43.9 Å². The Morgan fingerprint density at radius 2 is 1.59 bits per heavy atom. The van der Waals surface area contributed by atoms with Crippen LogP contribution in [0, 0.1) is 0 Å². The van der Waals surface area contributed by atoms with Crippen LogP contribution in [0.5, 0.6) is 0 Å². The normalized spacial score (nSPS) is 12.6. The van der Waals surface area contributed by atoms with Gasteiger partial charge in [-0.1, -0.05) is 41.9 Å². The zero-order valence-corrected chi connectivity index (χ0v) is 20.1. The lowest BCUT2D eigenvalue weighted by atomic mass is 10.1. The summed E-state index contributed by atoms with van der Waals surface area (Å²) in [6.07, 6.45) is 1.57. The molecule has 7 heteroatoms. The number of rotatable bonds is 11. The van der Waals surface area contributed by atoms with Crippen molar-refractivity contribution in [3.8, 4) is 0 Å². The van der Waals surface area contributed by atoms with Gasteiger partial charge >= 0.3 is 12.0 Å². The van der Waals surface area contributed by atoms with E-state index in [4.69, 9.17) is 17.3 Å². The Labute approximate surface area is 205 Å². The molecule has 178 valence electrons. The molecule has 6 nitrogen and oxygen atoms in total. The maximum Gasteiger partial charge on any atom is 0.335 e. The van der Waals surface area contributed by atoms with Crippen molar-refractivity contribution in [2.45, 2.75) is 19.8 Å². The molecule has 0 aliphatic rings. The number of para-hydroxylation sites is 1. The molecule has 0 spiro atoms. The van der Waals surface area contributed by atoms with Gasteiger partial charge in [-0.05, 0) is 61.0 Å². The molecule has 0 fully saturated rings. The third-order valence-corrected chi connectivity index (χ3v) is 6.56. The second-order valence-corrected chi connectivity index (χ2v) is 8.75. The lowest BCUT2D eigenvalue weighted by Crippen LogP contribution is -2.52. The lowest BCUT2D eigenvalue weighted by Gasteiger charge is -2.38. The van der Waals surface area contributed by atoms with Crippen molar-refractivity contribution in [3.05, 3.63) is 95.0 Å². The molecule has 0 saturated carbocycles. The highest BCUT2D eigenvalue weighted by Crippen LogP contribution is 2.26. The standard InChI is InChI=1S/C27H30ClN3O3/c1-2-31(20-17-21-9-13-23(28)14-10-21,25-15-11-22(12-16-25)26(32)33)19-6-18-30(27(29)34)24-7-4-3-5-8-24/h3-5,7-16H,2,6,17-20H2,1H3,(H2-,29,32,33,34)/p+1. The number of urea groups is 1. The smallest absolute Gasteiger partial charge is 0.335 e. The highest BCUT2D eigenvalue weighted by atomic mass is 35.5. The number of likely N-dealkylation sites (N-methyl/N-ethyl adjacent to an activating group) is 1. The largest absolute Gasteiger partial charge is 0.478 e. The molecule has 0 radical (unpaired) electrons. The monoisotopic (exact) mass is 480 g/mol. The number of carbonyl (C=O) groups excluding carboxylic acids is 1. The van der Waals surface area contributed by atoms with Gasteiger partial charge in [-0.25, -0.2) is 9.59 Å². The molecule has 2 amide bonds. The van der Waals surface area contributed by atoms with Crippen molar-refractivity contribution >= 4 is 35.0 Å². The van der Waals surface area contributed by atoms with Crippen LogP contribution in [0.3, 0.4) is 0 Å². The summed E-state index contributed by atoms with van der Waals surface area (Å²) in [5, 5.41) is 10.0. The van der Waals surface area contributed by atoms with Crippen molar-refractivity contribution in [2.24, 2.45) is 5.73 Å². The fourth-order valence-corrected chi connectivity index (χ4v) is 4.42. The maximum absolute atomic E-state index is 12.1. The van der Waals surface area contributed by atoms with Crippen molar-refractivity contribution in [2.75, 3.05) is 31.1 Å². The molecule has 1 unspecified atom stereocenters. The van der Waals surface area contributed by atoms with Crippen LogP contribution in [0.4, 0.5) is 16.2 Å². The molecule has 3 N–H and O–H groups in total. The first-order chi connectivity index (χ1) is 16.3. The molecular formula is C27H31ClN3O3+. The Hall–Kier alpha value is -3.35. The molecule has 0 aliphatic carbocycles. The summed E-state index contributed by atoms with van der Waals surface area (Å²) in [5.41, 5.74) is 8.94. The van der Waals surface area contributed by atoms with Crippen molar-refractivity contribution in [1.29, 1.82) is 0 Å². The Morgan fingerprint density at radius 3 is 2.15 bits per heavy atom. The van der Waals surface area contributed by atoms with Crippen LogP contribution in [0.1, 0.15) is 29.3 Å². The summed E-state index contributed by atoms with van der Waals surface area (Å²) in [7, 11) is 0. The van der Waals surface area contributed by atoms with Gasteiger partial charge < -0.3 is 10.8 Å². The first-order valence-electron chi connectivity index (χ1n) is 11.4. The Kier molecular flexibility index (Phi) is 8.68. The molecule has 3 aromatic carbocycles. The summed E-state index contributed by atoms with van der Waals surface area (Å²) in [6.45, 7) is 5.05. The molecule has 0 heterocycles. The molecule has 3 aromatic rings. The number of quaternary nitrogens is 1. The van der Waals surface area contributed by atoms with E-state index in [9.17, 15) is 14.7 Å². The number of anilines is 1. The van der Waals surface area contributed by atoms with E-state index in [1.54, 1.807) is 17.0 Å². The van der Waals surface area contributed by atoms with Crippen LogP contribution in [-0.2, 0) is 6.42 Å². The SMILES string of the molecule is CC[N+](CCCN(C(N)=O)c1ccccc1)(CCc1ccc(Cl)cc1)c1ccc(C(=O)O)cc1. The summed E-state index contributed by atoms with van der Waals surface area (Å²) < 4.78 is 0.657. The Bertz CT molecular complexity index is 1090. The number of primary amides is 1. The third kappa shape index (κ3) is 6.37. The Balaban J connectivity index is 1.82. The molecule has 0 bridgehead atoms. The second-order valence-electron chi connectivity index (χ2n) is 8.32. The number of hydrogen-bond acceptors (Lipinski definition) is 2. The zero-order chi connectivity index (χ0) is 24.6. The molecule has 1 atom stereocenters. The average molecular weight is 481 g/mol. The number of hydrogen-bond donors (Lipinski definition) is 2. The van der Waals surface area contributed by atoms with Crippen LogP contribution in [0.25, 0.3) is 0 Å². The van der Waals surface area contributed by atoms with E-state index in [1.165, 1.54) is 5.56 Å². The maximum atomic E-state index is 12.1. The van der Waals surface area contributed by atoms with Gasteiger partial charge in [0.15, 0.2) is 0 Å². The number of carboxylic acid groups (broad SMARTS) is 1. The molecule has 0 saturated heterocycles. The minimum atomic E-state index is -0.942. The quantitative estimate of drug-likeness (QED) is 0.351. The first kappa shape index (κ1) is 25.3. The fraction of sp³-hybridized carbons (Fsp3) is 0.259. The predicted molar refractivity (Wildman–Crippen MR) is 139 cm³/mol. The van der Waals surface area contributed by atoms with Gasteiger partial charge in [0.05, 0.1) is 25.2 Å². The van der Waals surface area contributed by atoms with Gasteiger partial charge in [0.1, 0.15) is 5.69 Å². The Morgan fingerprint density at radius 1 is 0.941 bits per heavy atom. The molecule has 34 heavy (non-hydrogen) atoms. The van der Waals surface area contributed by atoms with E-state index in [1.807, 2.05) is 66.7 Å². The number of nitrogens with zero attached hydrogens (tertiary/aromatic N) is 2. The number of carbonyl (C=O) groups is 2. The minimum absolute atomic E-state index is 0.264. The van der Waals surface area contributed by atoms with Gasteiger partial charge in [0.2, 0.25) is 0 Å². The van der Waals surface area contributed by atoms with Crippen LogP contribution < -0.4 is 15.1 Å². The van der Waals surface area contributed by atoms with Crippen molar-refractivity contribution in [1.82, 2.24) is 4.48 Å². The molecule has 0 aliphatic heterocycles. The number of aromatic carboxylic acids is 1. The lowest BCUT2D eigenvalue weighted by molar-refractivity contribution is 0.0697. The zero-order valence-electron chi connectivity index (χ0n) is 19.4. The number of halogens is 1. The fourth-order valence-electron chi connectivity index (χ4n) is 4.29. The first-order valence-corrected chi connectivity index (χ1v) is 11.8. The highest BCUT2D eigenvalue weighted by Gasteiger charge is 2.29. The molecular weight excluding hydrogens is 450 g/mol. The van der Waals surface area contributed by atoms with Gasteiger partial charge in [-0.2, -0.15) is 0 Å². The summed E-state index contributed by atoms with van der Waals surface area (Å²) in [4.78, 5) is 25.1. The topological polar surface area (TPSA) is 83.6 Å². The van der Waals surface area contributed by atoms with Gasteiger partial charge in [0, 0.05) is 30.1 Å². The molecule has 3 rings (SSSR count). The van der Waals surface area contributed by atoms with E-state index in [2.05, 4.69) is 6.92 Å². The molecule has 0 aromatic heterocycles. The average Bonchev–Trinajstić information content (AvgIpc) is 2.85. The van der Waals surface area contributed by atoms with Crippen LogP contribution >= 0.6 is 11.6 Å². The van der Waals surface area contributed by atoms with Crippen molar-refractivity contribution < 1.29 is 14.7 Å². The van der Waals surface area contributed by atoms with Gasteiger partial charge in [-0.15, -0.1) is 0 Å². The summed E-state index contributed by atoms with van der Waals surface area (Å²) in [5.74, 6) is -0.942. The van der Waals surface area contributed by atoms with E-state index in [-0.39, 0.29) is 5.56 Å². The summed E-state index contributed by atoms with van der Waals surface area (Å²) >= 11 is 6.05. The predicted octanol–water partition coefficient (Wildman–Crippen LogP) is 5.58. The third-order valence-electron chi connectivity index (χ3n) is 6.31. The van der Waals surface area contributed by atoms with Crippen LogP contribution in [0.15, 0.2) is 78.9 Å². The van der Waals surface area contributed by atoms with Crippen LogP contribution in [-0.4, -0.2) is 43.3 Å². The minimum Gasteiger partial charge on any atom is -0.478 e. The number of carboxylic acids is 1. The number of benzene rings is 3. The summed E-state index contributed by atoms with van der Waals surface area (Å²) in [6, 6.07) is 23.9. The van der Waals surface area contributed by atoms with Gasteiger partial charge in [0.25, 0.3) is 0 Å². The van der Waals surface area contributed by atoms with Gasteiger partial charge in [-0.3, -0.25) is 9.38 Å². The number of nitrogens with two attached hydrogens (primary N) is 1. The van der Waals surface area contributed by atoms with E-state index in [0.29, 0.717) is 16.1 Å². The van der Waals surface area contributed by atoms with Crippen LogP contribution in [0.2, 0.25) is 5.02 Å². The van der Waals surface area contributed by atoms with E-state index < -0.39 is 12.0 Å². The van der Waals surface area contributed by atoms with E-state index >= 15 is 0 Å². The highest BCUT2D eigenvalue weighted by molar-refractivity contribution is 6.30.